The van der Waals surface area contributed by atoms with Gasteiger partial charge in [-0.3, -0.25) is 4.79 Å². The van der Waals surface area contributed by atoms with E-state index >= 15 is 0 Å². The molecule has 29 heavy (non-hydrogen) atoms. The van der Waals surface area contributed by atoms with Gasteiger partial charge in [0.2, 0.25) is 11.7 Å². The zero-order valence-corrected chi connectivity index (χ0v) is 17.2. The molecule has 2 aromatic carbocycles. The summed E-state index contributed by atoms with van der Waals surface area (Å²) in [4.78, 5) is 14.4. The van der Waals surface area contributed by atoms with Gasteiger partial charge in [-0.25, -0.2) is 0 Å². The third kappa shape index (κ3) is 4.99. The number of hydrogen-bond acceptors (Lipinski definition) is 5. The highest BCUT2D eigenvalue weighted by Gasteiger charge is 2.28. The number of nitrogens with one attached hydrogen (secondary N) is 1. The number of rotatable bonds is 8. The summed E-state index contributed by atoms with van der Waals surface area (Å²) in [5.41, 5.74) is 1.87. The van der Waals surface area contributed by atoms with Crippen molar-refractivity contribution in [3.63, 3.8) is 0 Å². The average Bonchev–Trinajstić information content (AvgIpc) is 3.18. The van der Waals surface area contributed by atoms with Gasteiger partial charge in [0.25, 0.3) is 0 Å². The van der Waals surface area contributed by atoms with Crippen molar-refractivity contribution in [3.05, 3.63) is 60.2 Å². The minimum absolute atomic E-state index is 0.000327. The van der Waals surface area contributed by atoms with Gasteiger partial charge in [0.15, 0.2) is 6.04 Å². The Kier molecular flexibility index (Phi) is 6.59. The zero-order valence-electron chi connectivity index (χ0n) is 17.2. The minimum Gasteiger partial charge on any atom is -0.494 e. The van der Waals surface area contributed by atoms with Gasteiger partial charge in [-0.1, -0.05) is 56.3 Å². The predicted molar refractivity (Wildman–Crippen MR) is 111 cm³/mol. The van der Waals surface area contributed by atoms with E-state index in [0.29, 0.717) is 12.4 Å². The Bertz CT molecular complexity index is 922. The van der Waals surface area contributed by atoms with E-state index in [1.54, 1.807) is 0 Å². The molecule has 1 amide bonds. The molecule has 7 nitrogen and oxygen atoms in total. The number of benzene rings is 2. The smallest absolute Gasteiger partial charge is 0.247 e. The number of aromatic nitrogens is 4. The normalized spacial score (nSPS) is 13.1. The maximum atomic E-state index is 13.0. The summed E-state index contributed by atoms with van der Waals surface area (Å²) < 4.78 is 5.47. The highest BCUT2D eigenvalue weighted by atomic mass is 16.5. The number of carbonyl (C=O) groups is 1. The quantitative estimate of drug-likeness (QED) is 0.629. The molecule has 1 heterocycles. The first-order valence-electron chi connectivity index (χ1n) is 9.87. The molecular formula is C22H27N5O2. The van der Waals surface area contributed by atoms with Crippen LogP contribution in [0.1, 0.15) is 45.3 Å². The van der Waals surface area contributed by atoms with Crippen LogP contribution in [0.2, 0.25) is 0 Å². The Morgan fingerprint density at radius 3 is 2.38 bits per heavy atom. The lowest BCUT2D eigenvalue weighted by Gasteiger charge is -2.22. The number of nitrogens with zero attached hydrogens (tertiary/aromatic N) is 4. The fourth-order valence-electron chi connectivity index (χ4n) is 3.12. The van der Waals surface area contributed by atoms with E-state index in [1.807, 2.05) is 82.3 Å². The molecule has 0 spiro atoms. The van der Waals surface area contributed by atoms with Crippen molar-refractivity contribution in [2.24, 2.45) is 5.92 Å². The lowest BCUT2D eigenvalue weighted by atomic mass is 10.0. The van der Waals surface area contributed by atoms with Gasteiger partial charge < -0.3 is 10.1 Å². The first-order valence-corrected chi connectivity index (χ1v) is 9.87. The Balaban J connectivity index is 1.73. The maximum absolute atomic E-state index is 13.0. The van der Waals surface area contributed by atoms with Crippen LogP contribution in [-0.2, 0) is 4.79 Å². The summed E-state index contributed by atoms with van der Waals surface area (Å²) in [5, 5.41) is 15.8. The molecule has 2 atom stereocenters. The summed E-state index contributed by atoms with van der Waals surface area (Å²) in [6.07, 6.45) is 0. The Morgan fingerprint density at radius 2 is 1.76 bits per heavy atom. The molecule has 3 aromatic rings. The summed E-state index contributed by atoms with van der Waals surface area (Å²) in [7, 11) is 0. The maximum Gasteiger partial charge on any atom is 0.247 e. The van der Waals surface area contributed by atoms with Crippen molar-refractivity contribution >= 4 is 5.91 Å². The van der Waals surface area contributed by atoms with E-state index < -0.39 is 6.04 Å². The second kappa shape index (κ2) is 9.32. The number of hydrogen-bond donors (Lipinski definition) is 1. The largest absolute Gasteiger partial charge is 0.494 e. The molecule has 2 unspecified atom stereocenters. The van der Waals surface area contributed by atoms with Crippen LogP contribution in [0.4, 0.5) is 0 Å². The van der Waals surface area contributed by atoms with E-state index in [9.17, 15) is 4.79 Å². The third-order valence-electron chi connectivity index (χ3n) is 4.66. The van der Waals surface area contributed by atoms with Crippen molar-refractivity contribution in [2.45, 2.75) is 39.8 Å². The molecule has 0 saturated heterocycles. The van der Waals surface area contributed by atoms with Gasteiger partial charge in [-0.15, -0.1) is 10.2 Å². The second-order valence-electron chi connectivity index (χ2n) is 7.22. The Morgan fingerprint density at radius 1 is 1.07 bits per heavy atom. The van der Waals surface area contributed by atoms with Crippen molar-refractivity contribution in [1.82, 2.24) is 25.5 Å². The van der Waals surface area contributed by atoms with Crippen molar-refractivity contribution < 1.29 is 9.53 Å². The molecule has 0 aliphatic heterocycles. The van der Waals surface area contributed by atoms with E-state index in [-0.39, 0.29) is 17.9 Å². The fraction of sp³-hybridized carbons (Fsp3) is 0.364. The van der Waals surface area contributed by atoms with Crippen LogP contribution >= 0.6 is 0 Å². The van der Waals surface area contributed by atoms with Crippen LogP contribution in [0, 0.1) is 5.92 Å². The van der Waals surface area contributed by atoms with Gasteiger partial charge >= 0.3 is 0 Å². The van der Waals surface area contributed by atoms with E-state index in [4.69, 9.17) is 4.74 Å². The minimum atomic E-state index is -0.551. The number of carbonyl (C=O) groups excluding carboxylic acids is 1. The highest BCUT2D eigenvalue weighted by molar-refractivity contribution is 5.80. The molecule has 0 radical (unpaired) electrons. The van der Waals surface area contributed by atoms with Crippen molar-refractivity contribution in [2.75, 3.05) is 6.61 Å². The molecule has 0 fully saturated rings. The van der Waals surface area contributed by atoms with E-state index in [0.717, 1.165) is 16.9 Å². The van der Waals surface area contributed by atoms with Crippen LogP contribution in [0.3, 0.4) is 0 Å². The van der Waals surface area contributed by atoms with Crippen LogP contribution in [0.15, 0.2) is 54.6 Å². The zero-order chi connectivity index (χ0) is 20.8. The third-order valence-corrected chi connectivity index (χ3v) is 4.66. The van der Waals surface area contributed by atoms with Gasteiger partial charge in [-0.2, -0.15) is 4.80 Å². The molecule has 0 aliphatic carbocycles. The molecule has 3 rings (SSSR count). The lowest BCUT2D eigenvalue weighted by Crippen LogP contribution is -2.37. The van der Waals surface area contributed by atoms with E-state index in [2.05, 4.69) is 20.7 Å². The topological polar surface area (TPSA) is 81.9 Å². The molecule has 0 saturated carbocycles. The van der Waals surface area contributed by atoms with Crippen LogP contribution in [0.5, 0.6) is 5.75 Å². The number of ether oxygens (including phenoxy) is 1. The summed E-state index contributed by atoms with van der Waals surface area (Å²) in [6, 6.07) is 16.6. The molecule has 1 aromatic heterocycles. The molecule has 0 aliphatic rings. The Hall–Kier alpha value is -3.22. The highest BCUT2D eigenvalue weighted by Crippen LogP contribution is 2.22. The van der Waals surface area contributed by atoms with Crippen LogP contribution in [0.25, 0.3) is 11.4 Å². The van der Waals surface area contributed by atoms with Gasteiger partial charge in [0.05, 0.1) is 12.6 Å². The molecule has 1 N–H and O–H groups in total. The van der Waals surface area contributed by atoms with Crippen LogP contribution in [-0.4, -0.2) is 32.7 Å². The van der Waals surface area contributed by atoms with Crippen LogP contribution < -0.4 is 10.1 Å². The fourth-order valence-corrected chi connectivity index (χ4v) is 3.12. The SMILES string of the molecule is CCOc1ccc(C(C)NC(=O)C(C(C)C)n2nnc(-c3ccccc3)n2)cc1. The summed E-state index contributed by atoms with van der Waals surface area (Å²) in [6.45, 7) is 8.46. The van der Waals surface area contributed by atoms with Gasteiger partial charge in [-0.05, 0) is 42.7 Å². The second-order valence-corrected chi connectivity index (χ2v) is 7.22. The van der Waals surface area contributed by atoms with Crippen molar-refractivity contribution in [3.8, 4) is 17.1 Å². The number of amides is 1. The molecule has 0 bridgehead atoms. The molecule has 152 valence electrons. The monoisotopic (exact) mass is 393 g/mol. The van der Waals surface area contributed by atoms with Crippen molar-refractivity contribution in [1.29, 1.82) is 0 Å². The summed E-state index contributed by atoms with van der Waals surface area (Å²) >= 11 is 0. The predicted octanol–water partition coefficient (Wildman–Crippen LogP) is 3.81. The standard InChI is InChI=1S/C22H27N5O2/c1-5-29-19-13-11-17(12-14-19)16(4)23-22(28)20(15(2)3)27-25-21(24-26-27)18-9-7-6-8-10-18/h6-16,20H,5H2,1-4H3,(H,23,28). The van der Waals surface area contributed by atoms with Gasteiger partial charge in [0, 0.05) is 5.56 Å². The summed E-state index contributed by atoms with van der Waals surface area (Å²) in [5.74, 6) is 1.18. The van der Waals surface area contributed by atoms with E-state index in [1.165, 1.54) is 4.80 Å². The first kappa shape index (κ1) is 20.5. The number of tetrazole rings is 1. The lowest BCUT2D eigenvalue weighted by molar-refractivity contribution is -0.127. The van der Waals surface area contributed by atoms with Gasteiger partial charge in [0.1, 0.15) is 5.75 Å². The average molecular weight is 393 g/mol. The molecule has 7 heteroatoms. The Labute approximate surface area is 171 Å². The first-order chi connectivity index (χ1) is 14.0. The molecular weight excluding hydrogens is 366 g/mol.